The van der Waals surface area contributed by atoms with Gasteiger partial charge < -0.3 is 5.11 Å². The zero-order chi connectivity index (χ0) is 7.23. The topological polar surface area (TPSA) is 20.2 Å². The van der Waals surface area contributed by atoms with E-state index in [1.54, 1.807) is 11.3 Å². The summed E-state index contributed by atoms with van der Waals surface area (Å²) in [6.07, 6.45) is 0.567. The van der Waals surface area contributed by atoms with E-state index in [4.69, 9.17) is 5.11 Å². The van der Waals surface area contributed by atoms with Crippen LogP contribution < -0.4 is 0 Å². The highest BCUT2D eigenvalue weighted by Gasteiger charge is 1.82. The lowest BCUT2D eigenvalue weighted by molar-refractivity contribution is 0.305. The molecule has 0 aliphatic rings. The second-order valence-electron chi connectivity index (χ2n) is 1.75. The molecule has 0 aliphatic carbocycles. The zero-order valence-corrected chi connectivity index (χ0v) is 6.32. The maximum atomic E-state index is 8.40. The Kier molecular flexibility index (Phi) is 3.01. The van der Waals surface area contributed by atoms with Gasteiger partial charge in [-0.15, -0.1) is 11.3 Å². The Morgan fingerprint density at radius 3 is 3.10 bits per heavy atom. The van der Waals surface area contributed by atoms with Crippen molar-refractivity contribution in [2.75, 3.05) is 6.61 Å². The lowest BCUT2D eigenvalue weighted by atomic mass is 10.4. The summed E-state index contributed by atoms with van der Waals surface area (Å²) < 4.78 is 0. The quantitative estimate of drug-likeness (QED) is 0.604. The third kappa shape index (κ3) is 2.22. The fourth-order valence-corrected chi connectivity index (χ4v) is 1.15. The van der Waals surface area contributed by atoms with Crippen LogP contribution in [-0.4, -0.2) is 11.7 Å². The van der Waals surface area contributed by atoms with Gasteiger partial charge in [0.05, 0.1) is 11.5 Å². The summed E-state index contributed by atoms with van der Waals surface area (Å²) in [6, 6.07) is 3.93. The van der Waals surface area contributed by atoms with Gasteiger partial charge in [-0.05, 0) is 11.4 Å². The van der Waals surface area contributed by atoms with Crippen LogP contribution in [0.4, 0.5) is 0 Å². The first-order chi connectivity index (χ1) is 4.93. The van der Waals surface area contributed by atoms with Gasteiger partial charge >= 0.3 is 0 Å². The highest BCUT2D eigenvalue weighted by Crippen LogP contribution is 2.05. The monoisotopic (exact) mass is 152 g/mol. The zero-order valence-electron chi connectivity index (χ0n) is 5.50. The first kappa shape index (κ1) is 7.33. The molecular weight excluding hydrogens is 144 g/mol. The van der Waals surface area contributed by atoms with Crippen molar-refractivity contribution >= 4 is 11.3 Å². The van der Waals surface area contributed by atoms with Gasteiger partial charge in [-0.2, -0.15) is 0 Å². The Morgan fingerprint density at radius 2 is 2.50 bits per heavy atom. The first-order valence-electron chi connectivity index (χ1n) is 3.06. The summed E-state index contributed by atoms with van der Waals surface area (Å²) in [5.41, 5.74) is 0. The summed E-state index contributed by atoms with van der Waals surface area (Å²) in [5.74, 6) is 5.78. The number of aliphatic hydroxyl groups excluding tert-OH is 1. The predicted molar refractivity (Wildman–Crippen MR) is 42.9 cm³/mol. The lowest BCUT2D eigenvalue weighted by Gasteiger charge is -1.77. The number of thiophene rings is 1. The fraction of sp³-hybridized carbons (Fsp3) is 0.250. The molecule has 1 nitrogen and oxygen atoms in total. The molecule has 0 radical (unpaired) electrons. The Balaban J connectivity index is 2.49. The average molecular weight is 152 g/mol. The van der Waals surface area contributed by atoms with Crippen molar-refractivity contribution in [2.24, 2.45) is 0 Å². The highest BCUT2D eigenvalue weighted by atomic mass is 32.1. The molecule has 0 unspecified atom stereocenters. The largest absolute Gasteiger partial charge is 0.395 e. The van der Waals surface area contributed by atoms with Crippen LogP contribution in [0.5, 0.6) is 0 Å². The van der Waals surface area contributed by atoms with E-state index in [1.165, 1.54) is 0 Å². The van der Waals surface area contributed by atoms with Gasteiger partial charge in [-0.1, -0.05) is 17.9 Å². The minimum atomic E-state index is 0.151. The van der Waals surface area contributed by atoms with Crippen molar-refractivity contribution in [1.29, 1.82) is 0 Å². The van der Waals surface area contributed by atoms with Gasteiger partial charge in [0.25, 0.3) is 0 Å². The molecule has 0 spiro atoms. The summed E-state index contributed by atoms with van der Waals surface area (Å²) in [6.45, 7) is 0.151. The fourth-order valence-electron chi connectivity index (χ4n) is 0.555. The Bertz CT molecular complexity index is 228. The summed E-state index contributed by atoms with van der Waals surface area (Å²) >= 11 is 1.62. The lowest BCUT2D eigenvalue weighted by Crippen LogP contribution is -1.75. The van der Waals surface area contributed by atoms with Gasteiger partial charge in [0.2, 0.25) is 0 Å². The van der Waals surface area contributed by atoms with Gasteiger partial charge in [0, 0.05) is 6.42 Å². The van der Waals surface area contributed by atoms with E-state index in [-0.39, 0.29) is 6.61 Å². The average Bonchev–Trinajstić information content (AvgIpc) is 2.41. The third-order valence-corrected chi connectivity index (χ3v) is 1.75. The molecule has 52 valence electrons. The molecule has 1 aromatic heterocycles. The van der Waals surface area contributed by atoms with Crippen LogP contribution in [0, 0.1) is 11.8 Å². The molecule has 0 saturated heterocycles. The molecule has 0 aliphatic heterocycles. The summed E-state index contributed by atoms with van der Waals surface area (Å²) in [4.78, 5) is 1.06. The second-order valence-corrected chi connectivity index (χ2v) is 2.70. The Hall–Kier alpha value is -0.780. The van der Waals surface area contributed by atoms with E-state index in [0.29, 0.717) is 6.42 Å². The van der Waals surface area contributed by atoms with E-state index in [9.17, 15) is 0 Å². The molecule has 0 saturated carbocycles. The van der Waals surface area contributed by atoms with Crippen molar-refractivity contribution < 1.29 is 5.11 Å². The van der Waals surface area contributed by atoms with Crippen LogP contribution in [0.15, 0.2) is 17.5 Å². The molecule has 1 heterocycles. The SMILES string of the molecule is OCCC#Cc1cccs1. The number of rotatable bonds is 1. The number of hydrogen-bond donors (Lipinski definition) is 1. The van der Waals surface area contributed by atoms with Crippen molar-refractivity contribution in [1.82, 2.24) is 0 Å². The van der Waals surface area contributed by atoms with Crippen LogP contribution >= 0.6 is 11.3 Å². The van der Waals surface area contributed by atoms with Crippen molar-refractivity contribution in [2.45, 2.75) is 6.42 Å². The van der Waals surface area contributed by atoms with Crippen LogP contribution in [0.3, 0.4) is 0 Å². The van der Waals surface area contributed by atoms with E-state index >= 15 is 0 Å². The molecule has 0 atom stereocenters. The van der Waals surface area contributed by atoms with Gasteiger partial charge in [0.1, 0.15) is 0 Å². The minimum absolute atomic E-state index is 0.151. The van der Waals surface area contributed by atoms with E-state index in [1.807, 2.05) is 17.5 Å². The maximum Gasteiger partial charge on any atom is 0.0768 e. The van der Waals surface area contributed by atoms with Gasteiger partial charge in [0.15, 0.2) is 0 Å². The van der Waals surface area contributed by atoms with Gasteiger partial charge in [-0.3, -0.25) is 0 Å². The molecule has 0 bridgehead atoms. The first-order valence-corrected chi connectivity index (χ1v) is 3.94. The van der Waals surface area contributed by atoms with Crippen molar-refractivity contribution in [3.05, 3.63) is 22.4 Å². The van der Waals surface area contributed by atoms with E-state index < -0.39 is 0 Å². The number of hydrogen-bond acceptors (Lipinski definition) is 2. The summed E-state index contributed by atoms with van der Waals surface area (Å²) in [5, 5.41) is 10.4. The van der Waals surface area contributed by atoms with Crippen LogP contribution in [0.1, 0.15) is 11.3 Å². The van der Waals surface area contributed by atoms with Crippen LogP contribution in [0.25, 0.3) is 0 Å². The molecule has 10 heavy (non-hydrogen) atoms. The normalized spacial score (nSPS) is 8.50. The molecular formula is C8H8OS. The van der Waals surface area contributed by atoms with Crippen molar-refractivity contribution in [3.63, 3.8) is 0 Å². The molecule has 1 rings (SSSR count). The second kappa shape index (κ2) is 4.10. The van der Waals surface area contributed by atoms with E-state index in [2.05, 4.69) is 11.8 Å². The van der Waals surface area contributed by atoms with Crippen LogP contribution in [-0.2, 0) is 0 Å². The van der Waals surface area contributed by atoms with Gasteiger partial charge in [-0.25, -0.2) is 0 Å². The predicted octanol–water partition coefficient (Wildman–Crippen LogP) is 1.48. The molecule has 0 fully saturated rings. The maximum absolute atomic E-state index is 8.40. The molecule has 1 aromatic rings. The van der Waals surface area contributed by atoms with E-state index in [0.717, 1.165) is 4.88 Å². The Morgan fingerprint density at radius 1 is 1.60 bits per heavy atom. The van der Waals surface area contributed by atoms with Crippen LogP contribution in [0.2, 0.25) is 0 Å². The summed E-state index contributed by atoms with van der Waals surface area (Å²) in [7, 11) is 0. The highest BCUT2D eigenvalue weighted by molar-refractivity contribution is 7.10. The standard InChI is InChI=1S/C8H8OS/c9-6-2-1-4-8-5-3-7-10-8/h3,5,7,9H,2,6H2. The minimum Gasteiger partial charge on any atom is -0.395 e. The molecule has 2 heteroatoms. The number of aliphatic hydroxyl groups is 1. The molecule has 0 aromatic carbocycles. The third-order valence-electron chi connectivity index (χ3n) is 0.970. The Labute approximate surface area is 64.3 Å². The molecule has 0 amide bonds. The molecule has 1 N–H and O–H groups in total. The van der Waals surface area contributed by atoms with Crippen molar-refractivity contribution in [3.8, 4) is 11.8 Å². The smallest absolute Gasteiger partial charge is 0.0768 e.